The summed E-state index contributed by atoms with van der Waals surface area (Å²) in [7, 11) is 0. The Balaban J connectivity index is 1.44. The molecule has 2 heterocycles. The standard InChI is InChI=1S/C18H18N4O2S/c23-16(12-25-18-19-17(20-21-18)13-8-9-13)22(11-15-7-4-10-24-15)14-5-2-1-3-6-14/h1-7,10,13H,8-9,11-12H2,(H,19,20,21). The zero-order valence-corrected chi connectivity index (χ0v) is 14.4. The number of nitrogens with one attached hydrogen (secondary N) is 1. The van der Waals surface area contributed by atoms with Gasteiger partial charge in [0.2, 0.25) is 11.1 Å². The summed E-state index contributed by atoms with van der Waals surface area (Å²) in [5.74, 6) is 2.47. The first kappa shape index (κ1) is 16.0. The van der Waals surface area contributed by atoms with E-state index in [9.17, 15) is 4.79 Å². The third-order valence-electron chi connectivity index (χ3n) is 4.03. The maximum absolute atomic E-state index is 12.8. The lowest BCUT2D eigenvalue weighted by Gasteiger charge is -2.21. The van der Waals surface area contributed by atoms with Crippen molar-refractivity contribution in [3.63, 3.8) is 0 Å². The number of anilines is 1. The number of rotatable bonds is 7. The monoisotopic (exact) mass is 354 g/mol. The van der Waals surface area contributed by atoms with Gasteiger partial charge in [-0.2, -0.15) is 0 Å². The van der Waals surface area contributed by atoms with E-state index in [0.717, 1.165) is 17.3 Å². The van der Waals surface area contributed by atoms with Crippen molar-refractivity contribution in [3.8, 4) is 0 Å². The molecule has 3 aromatic rings. The fraction of sp³-hybridized carbons (Fsp3) is 0.278. The first-order valence-electron chi connectivity index (χ1n) is 8.22. The molecule has 1 saturated carbocycles. The normalized spacial score (nSPS) is 13.8. The largest absolute Gasteiger partial charge is 0.467 e. The molecule has 0 saturated heterocycles. The second-order valence-corrected chi connectivity index (χ2v) is 6.90. The molecule has 1 fully saturated rings. The Morgan fingerprint density at radius 3 is 2.80 bits per heavy atom. The van der Waals surface area contributed by atoms with Crippen LogP contribution in [0.2, 0.25) is 0 Å². The SMILES string of the molecule is O=C(CSc1n[nH]c(C2CC2)n1)N(Cc1ccco1)c1ccccc1. The van der Waals surface area contributed by atoms with Crippen LogP contribution in [0, 0.1) is 0 Å². The Hall–Kier alpha value is -2.54. The van der Waals surface area contributed by atoms with Crippen molar-refractivity contribution in [2.75, 3.05) is 10.7 Å². The molecule has 1 aliphatic rings. The fourth-order valence-corrected chi connectivity index (χ4v) is 3.24. The molecule has 1 amide bonds. The Morgan fingerprint density at radius 1 is 1.24 bits per heavy atom. The summed E-state index contributed by atoms with van der Waals surface area (Å²) < 4.78 is 5.40. The molecule has 0 radical (unpaired) electrons. The summed E-state index contributed by atoms with van der Waals surface area (Å²) in [6.45, 7) is 0.401. The number of furan rings is 1. The Morgan fingerprint density at radius 2 is 2.08 bits per heavy atom. The number of H-pyrrole nitrogens is 1. The van der Waals surface area contributed by atoms with Gasteiger partial charge in [0, 0.05) is 11.6 Å². The maximum Gasteiger partial charge on any atom is 0.237 e. The summed E-state index contributed by atoms with van der Waals surface area (Å²) in [5.41, 5.74) is 0.846. The van der Waals surface area contributed by atoms with Gasteiger partial charge in [0.25, 0.3) is 0 Å². The summed E-state index contributed by atoms with van der Waals surface area (Å²) in [6.07, 6.45) is 3.96. The lowest BCUT2D eigenvalue weighted by molar-refractivity contribution is -0.116. The predicted octanol–water partition coefficient (Wildman–Crippen LogP) is 3.60. The molecule has 4 rings (SSSR count). The number of aromatic amines is 1. The zero-order valence-electron chi connectivity index (χ0n) is 13.6. The van der Waals surface area contributed by atoms with E-state index in [0.29, 0.717) is 17.6 Å². The van der Waals surface area contributed by atoms with Crippen molar-refractivity contribution in [1.29, 1.82) is 0 Å². The molecule has 0 aliphatic heterocycles. The molecule has 7 heteroatoms. The van der Waals surface area contributed by atoms with Crippen molar-refractivity contribution in [3.05, 3.63) is 60.3 Å². The first-order chi connectivity index (χ1) is 12.3. The van der Waals surface area contributed by atoms with Crippen molar-refractivity contribution in [2.45, 2.75) is 30.5 Å². The molecule has 2 aromatic heterocycles. The van der Waals surface area contributed by atoms with E-state index in [1.807, 2.05) is 42.5 Å². The van der Waals surface area contributed by atoms with Gasteiger partial charge < -0.3 is 9.32 Å². The number of benzene rings is 1. The van der Waals surface area contributed by atoms with Crippen molar-refractivity contribution in [1.82, 2.24) is 15.2 Å². The number of amides is 1. The topological polar surface area (TPSA) is 75.0 Å². The van der Waals surface area contributed by atoms with E-state index in [4.69, 9.17) is 4.42 Å². The molecule has 128 valence electrons. The van der Waals surface area contributed by atoms with Crippen molar-refractivity contribution in [2.24, 2.45) is 0 Å². The Labute approximate surface area is 149 Å². The molecular weight excluding hydrogens is 336 g/mol. The van der Waals surface area contributed by atoms with Gasteiger partial charge in [-0.15, -0.1) is 5.10 Å². The average molecular weight is 354 g/mol. The summed E-state index contributed by atoms with van der Waals surface area (Å²) in [4.78, 5) is 19.0. The summed E-state index contributed by atoms with van der Waals surface area (Å²) in [5, 5.41) is 7.79. The van der Waals surface area contributed by atoms with Crippen LogP contribution in [0.25, 0.3) is 0 Å². The summed E-state index contributed by atoms with van der Waals surface area (Å²) in [6, 6.07) is 13.3. The second kappa shape index (κ2) is 7.14. The van der Waals surface area contributed by atoms with Crippen LogP contribution >= 0.6 is 11.8 Å². The molecule has 1 aliphatic carbocycles. The number of carbonyl (C=O) groups is 1. The van der Waals surface area contributed by atoms with Gasteiger partial charge in [-0.1, -0.05) is 30.0 Å². The smallest absolute Gasteiger partial charge is 0.237 e. The molecule has 0 atom stereocenters. The third kappa shape index (κ3) is 3.93. The number of para-hydroxylation sites is 1. The minimum atomic E-state index is -0.00891. The van der Waals surface area contributed by atoms with Crippen LogP contribution in [0.5, 0.6) is 0 Å². The number of hydrogen-bond acceptors (Lipinski definition) is 5. The fourth-order valence-electron chi connectivity index (χ4n) is 2.56. The quantitative estimate of drug-likeness (QED) is 0.656. The van der Waals surface area contributed by atoms with Crippen LogP contribution < -0.4 is 4.90 Å². The molecule has 0 spiro atoms. The minimum Gasteiger partial charge on any atom is -0.467 e. The van der Waals surface area contributed by atoms with Gasteiger partial charge in [-0.25, -0.2) is 4.98 Å². The Bertz CT molecular complexity index is 828. The van der Waals surface area contributed by atoms with Crippen LogP contribution in [-0.2, 0) is 11.3 Å². The van der Waals surface area contributed by atoms with E-state index in [1.165, 1.54) is 24.6 Å². The number of hydrogen-bond donors (Lipinski definition) is 1. The van der Waals surface area contributed by atoms with Crippen molar-refractivity contribution >= 4 is 23.4 Å². The number of aromatic nitrogens is 3. The highest BCUT2D eigenvalue weighted by molar-refractivity contribution is 7.99. The van der Waals surface area contributed by atoms with Crippen LogP contribution in [0.3, 0.4) is 0 Å². The molecule has 1 N–H and O–H groups in total. The lowest BCUT2D eigenvalue weighted by Crippen LogP contribution is -2.31. The van der Waals surface area contributed by atoms with Gasteiger partial charge in [-0.3, -0.25) is 9.89 Å². The average Bonchev–Trinajstić information content (AvgIpc) is 3.17. The lowest BCUT2D eigenvalue weighted by atomic mass is 10.2. The third-order valence-corrected chi connectivity index (χ3v) is 4.87. The van der Waals surface area contributed by atoms with E-state index in [2.05, 4.69) is 15.2 Å². The zero-order chi connectivity index (χ0) is 17.1. The van der Waals surface area contributed by atoms with Crippen LogP contribution in [-0.4, -0.2) is 26.8 Å². The van der Waals surface area contributed by atoms with Crippen LogP contribution in [0.1, 0.15) is 30.3 Å². The highest BCUT2D eigenvalue weighted by Crippen LogP contribution is 2.38. The second-order valence-electron chi connectivity index (χ2n) is 5.96. The molecule has 1 aromatic carbocycles. The van der Waals surface area contributed by atoms with Gasteiger partial charge in [0.15, 0.2) is 0 Å². The van der Waals surface area contributed by atoms with E-state index in [-0.39, 0.29) is 11.7 Å². The van der Waals surface area contributed by atoms with E-state index in [1.54, 1.807) is 11.2 Å². The molecule has 6 nitrogen and oxygen atoms in total. The minimum absolute atomic E-state index is 0.00891. The van der Waals surface area contributed by atoms with Gasteiger partial charge in [0.1, 0.15) is 11.6 Å². The Kier molecular flexibility index (Phi) is 4.56. The number of thioether (sulfide) groups is 1. The highest BCUT2D eigenvalue weighted by atomic mass is 32.2. The van der Waals surface area contributed by atoms with E-state index >= 15 is 0 Å². The van der Waals surface area contributed by atoms with E-state index < -0.39 is 0 Å². The number of carbonyl (C=O) groups excluding carboxylic acids is 1. The van der Waals surface area contributed by atoms with Crippen molar-refractivity contribution < 1.29 is 9.21 Å². The molecule has 0 unspecified atom stereocenters. The van der Waals surface area contributed by atoms with Crippen LogP contribution in [0.4, 0.5) is 5.69 Å². The molecule has 25 heavy (non-hydrogen) atoms. The predicted molar refractivity (Wildman–Crippen MR) is 95.4 cm³/mol. The molecule has 0 bridgehead atoms. The van der Waals surface area contributed by atoms with Gasteiger partial charge in [0.05, 0.1) is 18.6 Å². The molecular formula is C18H18N4O2S. The summed E-state index contributed by atoms with van der Waals surface area (Å²) >= 11 is 1.35. The highest BCUT2D eigenvalue weighted by Gasteiger charge is 2.27. The maximum atomic E-state index is 12.8. The first-order valence-corrected chi connectivity index (χ1v) is 9.21. The number of nitrogens with zero attached hydrogens (tertiary/aromatic N) is 3. The van der Waals surface area contributed by atoms with Crippen LogP contribution in [0.15, 0.2) is 58.3 Å². The van der Waals surface area contributed by atoms with Gasteiger partial charge in [-0.05, 0) is 37.1 Å². The van der Waals surface area contributed by atoms with Gasteiger partial charge >= 0.3 is 0 Å².